The number of rotatable bonds is 2. The highest BCUT2D eigenvalue weighted by Gasteiger charge is 2.45. The Kier molecular flexibility index (Phi) is 2.73. The molecule has 0 unspecified atom stereocenters. The fourth-order valence-electron chi connectivity index (χ4n) is 1.93. The minimum atomic E-state index is -0.634. The van der Waals surface area contributed by atoms with Crippen LogP contribution in [0, 0.1) is 11.3 Å². The van der Waals surface area contributed by atoms with Crippen molar-refractivity contribution in [3.63, 3.8) is 0 Å². The number of halogens is 1. The van der Waals surface area contributed by atoms with Gasteiger partial charge < -0.3 is 4.74 Å². The molecule has 0 saturated heterocycles. The first kappa shape index (κ1) is 11.2. The van der Waals surface area contributed by atoms with Crippen LogP contribution in [0.5, 0.6) is 5.75 Å². The Morgan fingerprint density at radius 1 is 1.50 bits per heavy atom. The van der Waals surface area contributed by atoms with E-state index in [-0.39, 0.29) is 5.78 Å². The van der Waals surface area contributed by atoms with Crippen molar-refractivity contribution in [3.05, 3.63) is 28.2 Å². The summed E-state index contributed by atoms with van der Waals surface area (Å²) in [5.41, 5.74) is 0.222. The van der Waals surface area contributed by atoms with Gasteiger partial charge in [-0.05, 0) is 33.6 Å². The first-order valence-corrected chi connectivity index (χ1v) is 5.67. The summed E-state index contributed by atoms with van der Waals surface area (Å²) in [5.74, 6) is 0.829. The molecule has 0 spiro atoms. The van der Waals surface area contributed by atoms with Gasteiger partial charge in [0.15, 0.2) is 0 Å². The van der Waals surface area contributed by atoms with Crippen LogP contribution in [-0.4, -0.2) is 12.9 Å². The number of methoxy groups -OCH3 is 1. The van der Waals surface area contributed by atoms with Gasteiger partial charge in [-0.3, -0.25) is 4.79 Å². The second-order valence-electron chi connectivity index (χ2n) is 3.94. The summed E-state index contributed by atoms with van der Waals surface area (Å²) in [6.45, 7) is 0. The Bertz CT molecular complexity index is 482. The molecule has 1 fully saturated rings. The minimum Gasteiger partial charge on any atom is -0.496 e. The topological polar surface area (TPSA) is 50.1 Å². The summed E-state index contributed by atoms with van der Waals surface area (Å²) < 4.78 is 6.02. The van der Waals surface area contributed by atoms with Gasteiger partial charge in [0.1, 0.15) is 11.5 Å². The molecule has 82 valence electrons. The highest BCUT2D eigenvalue weighted by atomic mass is 79.9. The van der Waals surface area contributed by atoms with Crippen molar-refractivity contribution >= 4 is 21.7 Å². The Labute approximate surface area is 102 Å². The van der Waals surface area contributed by atoms with E-state index in [2.05, 4.69) is 22.0 Å². The van der Waals surface area contributed by atoms with Crippen molar-refractivity contribution in [2.45, 2.75) is 18.3 Å². The number of carbonyl (C=O) groups excluding carboxylic acids is 1. The number of hydrogen-bond donors (Lipinski definition) is 0. The number of Topliss-reactive ketones (excluding diaryl/α,β-unsaturated/α-hetero) is 1. The van der Waals surface area contributed by atoms with Crippen LogP contribution in [0.25, 0.3) is 0 Å². The monoisotopic (exact) mass is 279 g/mol. The first-order valence-electron chi connectivity index (χ1n) is 4.88. The van der Waals surface area contributed by atoms with Gasteiger partial charge in [-0.15, -0.1) is 0 Å². The largest absolute Gasteiger partial charge is 0.496 e. The molecular weight excluding hydrogens is 270 g/mol. The number of benzene rings is 1. The molecule has 0 N–H and O–H groups in total. The van der Waals surface area contributed by atoms with E-state index >= 15 is 0 Å². The summed E-state index contributed by atoms with van der Waals surface area (Å²) in [7, 11) is 1.58. The molecule has 1 aromatic carbocycles. The second kappa shape index (κ2) is 3.91. The fraction of sp³-hybridized carbons (Fsp3) is 0.333. The van der Waals surface area contributed by atoms with Crippen molar-refractivity contribution in [3.8, 4) is 11.8 Å². The lowest BCUT2D eigenvalue weighted by Crippen LogP contribution is -2.40. The van der Waals surface area contributed by atoms with Gasteiger partial charge in [0.2, 0.25) is 0 Å². The van der Waals surface area contributed by atoms with E-state index < -0.39 is 5.41 Å². The molecule has 1 aliphatic carbocycles. The summed E-state index contributed by atoms with van der Waals surface area (Å²) in [5, 5.41) is 9.19. The zero-order valence-electron chi connectivity index (χ0n) is 8.79. The normalized spacial score (nSPS) is 17.4. The van der Waals surface area contributed by atoms with E-state index in [0.29, 0.717) is 18.6 Å². The van der Waals surface area contributed by atoms with E-state index in [1.165, 1.54) is 0 Å². The van der Waals surface area contributed by atoms with E-state index in [0.717, 1.165) is 10.0 Å². The first-order chi connectivity index (χ1) is 7.61. The summed E-state index contributed by atoms with van der Waals surface area (Å²) >= 11 is 3.36. The van der Waals surface area contributed by atoms with Crippen LogP contribution in [0.3, 0.4) is 0 Å². The predicted molar refractivity (Wildman–Crippen MR) is 62.2 cm³/mol. The summed E-state index contributed by atoms with van der Waals surface area (Å²) in [4.78, 5) is 11.1. The van der Waals surface area contributed by atoms with Crippen molar-refractivity contribution in [2.24, 2.45) is 0 Å². The SMILES string of the molecule is COc1cc(C2(C#N)CC(=O)C2)ccc1Br. The standard InChI is InChI=1S/C12H10BrNO2/c1-16-11-4-8(2-3-10(11)13)12(7-14)5-9(15)6-12/h2-4H,5-6H2,1H3. The molecule has 1 saturated carbocycles. The molecule has 0 aromatic heterocycles. The zero-order valence-corrected chi connectivity index (χ0v) is 10.4. The van der Waals surface area contributed by atoms with Crippen molar-refractivity contribution < 1.29 is 9.53 Å². The van der Waals surface area contributed by atoms with Gasteiger partial charge in [0, 0.05) is 12.8 Å². The van der Waals surface area contributed by atoms with Crippen LogP contribution >= 0.6 is 15.9 Å². The average molecular weight is 280 g/mol. The third-order valence-electron chi connectivity index (χ3n) is 2.92. The molecular formula is C12H10BrNO2. The van der Waals surface area contributed by atoms with E-state index in [9.17, 15) is 10.1 Å². The van der Waals surface area contributed by atoms with Crippen molar-refractivity contribution in [2.75, 3.05) is 7.11 Å². The summed E-state index contributed by atoms with van der Waals surface area (Å²) in [6, 6.07) is 7.77. The van der Waals surface area contributed by atoms with E-state index in [1.807, 2.05) is 18.2 Å². The number of ketones is 1. The molecule has 2 rings (SSSR count). The van der Waals surface area contributed by atoms with Gasteiger partial charge in [0.25, 0.3) is 0 Å². The molecule has 1 aliphatic rings. The van der Waals surface area contributed by atoms with Gasteiger partial charge >= 0.3 is 0 Å². The Hall–Kier alpha value is -1.34. The number of carbonyl (C=O) groups is 1. The Balaban J connectivity index is 2.41. The lowest BCUT2D eigenvalue weighted by atomic mass is 9.65. The van der Waals surface area contributed by atoms with Crippen LogP contribution < -0.4 is 4.74 Å². The number of nitriles is 1. The fourth-order valence-corrected chi connectivity index (χ4v) is 2.34. The molecule has 4 heteroatoms. The van der Waals surface area contributed by atoms with Gasteiger partial charge in [-0.1, -0.05) is 6.07 Å². The van der Waals surface area contributed by atoms with Gasteiger partial charge in [-0.25, -0.2) is 0 Å². The molecule has 1 aromatic rings. The quantitative estimate of drug-likeness (QED) is 0.836. The van der Waals surface area contributed by atoms with Crippen LogP contribution in [0.2, 0.25) is 0 Å². The third kappa shape index (κ3) is 1.61. The van der Waals surface area contributed by atoms with Crippen LogP contribution in [0.15, 0.2) is 22.7 Å². The molecule has 0 radical (unpaired) electrons. The maximum absolute atomic E-state index is 11.1. The number of ether oxygens (including phenoxy) is 1. The van der Waals surface area contributed by atoms with Gasteiger partial charge in [-0.2, -0.15) is 5.26 Å². The van der Waals surface area contributed by atoms with E-state index in [1.54, 1.807) is 7.11 Å². The maximum atomic E-state index is 11.1. The third-order valence-corrected chi connectivity index (χ3v) is 3.57. The van der Waals surface area contributed by atoms with Crippen LogP contribution in [0.4, 0.5) is 0 Å². The minimum absolute atomic E-state index is 0.142. The van der Waals surface area contributed by atoms with Crippen LogP contribution in [-0.2, 0) is 10.2 Å². The van der Waals surface area contributed by atoms with Gasteiger partial charge in [0.05, 0.1) is 23.1 Å². The smallest absolute Gasteiger partial charge is 0.136 e. The summed E-state index contributed by atoms with van der Waals surface area (Å²) in [6.07, 6.45) is 0.628. The highest BCUT2D eigenvalue weighted by Crippen LogP contribution is 2.42. The molecule has 0 amide bonds. The number of hydrogen-bond acceptors (Lipinski definition) is 3. The Morgan fingerprint density at radius 3 is 2.69 bits per heavy atom. The second-order valence-corrected chi connectivity index (χ2v) is 4.79. The predicted octanol–water partition coefficient (Wildman–Crippen LogP) is 2.58. The average Bonchev–Trinajstić information content (AvgIpc) is 2.25. The molecule has 0 aliphatic heterocycles. The Morgan fingerprint density at radius 2 is 2.19 bits per heavy atom. The lowest BCUT2D eigenvalue weighted by Gasteiger charge is -2.34. The molecule has 0 atom stereocenters. The number of nitrogens with zero attached hydrogens (tertiary/aromatic N) is 1. The highest BCUT2D eigenvalue weighted by molar-refractivity contribution is 9.10. The lowest BCUT2D eigenvalue weighted by molar-refractivity contribution is -0.126. The van der Waals surface area contributed by atoms with Crippen molar-refractivity contribution in [1.82, 2.24) is 0 Å². The molecule has 0 heterocycles. The molecule has 16 heavy (non-hydrogen) atoms. The zero-order chi connectivity index (χ0) is 11.8. The molecule has 0 bridgehead atoms. The van der Waals surface area contributed by atoms with Crippen LogP contribution in [0.1, 0.15) is 18.4 Å². The molecule has 3 nitrogen and oxygen atoms in total. The van der Waals surface area contributed by atoms with Crippen molar-refractivity contribution in [1.29, 1.82) is 5.26 Å². The van der Waals surface area contributed by atoms with E-state index in [4.69, 9.17) is 4.74 Å². The maximum Gasteiger partial charge on any atom is 0.136 e.